The molecule has 2 aliphatic carbocycles. The van der Waals surface area contributed by atoms with Crippen LogP contribution in [0.3, 0.4) is 0 Å². The third-order valence-electron chi connectivity index (χ3n) is 16.2. The second-order valence-corrected chi connectivity index (χ2v) is 33.4. The van der Waals surface area contributed by atoms with Crippen molar-refractivity contribution in [1.82, 2.24) is 15.5 Å². The van der Waals surface area contributed by atoms with Crippen LogP contribution in [0.1, 0.15) is 127 Å². The molecule has 2 aromatic rings. The van der Waals surface area contributed by atoms with Crippen LogP contribution in [0.5, 0.6) is 5.75 Å². The fourth-order valence-electron chi connectivity index (χ4n) is 9.94. The van der Waals surface area contributed by atoms with Crippen molar-refractivity contribution < 1.29 is 61.4 Å². The molecule has 0 bridgehead atoms. The summed E-state index contributed by atoms with van der Waals surface area (Å²) in [6, 6.07) is 11.1. The predicted molar refractivity (Wildman–Crippen MR) is 294 cm³/mol. The Morgan fingerprint density at radius 1 is 0.868 bits per heavy atom. The number of nitrogens with one attached hydrogen (secondary N) is 3. The number of esters is 1. The van der Waals surface area contributed by atoms with Crippen LogP contribution in [0.25, 0.3) is 0 Å². The molecule has 418 valence electrons. The van der Waals surface area contributed by atoms with Gasteiger partial charge in [0.05, 0.1) is 56.3 Å². The predicted octanol–water partition coefficient (Wildman–Crippen LogP) is 10.0. The van der Waals surface area contributed by atoms with E-state index < -0.39 is 58.5 Å². The lowest BCUT2D eigenvalue weighted by molar-refractivity contribution is -0.147. The first kappa shape index (κ1) is 60.0. The number of rotatable bonds is 24. The topological polar surface area (TPSA) is 206 Å². The second kappa shape index (κ2) is 25.5. The Morgan fingerprint density at radius 2 is 1.55 bits per heavy atom. The van der Waals surface area contributed by atoms with E-state index >= 15 is 0 Å². The number of ether oxygens (including phenoxy) is 4. The Kier molecular flexibility index (Phi) is 20.2. The van der Waals surface area contributed by atoms with Gasteiger partial charge in [-0.3, -0.25) is 44.5 Å². The summed E-state index contributed by atoms with van der Waals surface area (Å²) in [6.07, 6.45) is 8.23. The van der Waals surface area contributed by atoms with Gasteiger partial charge in [0.1, 0.15) is 24.5 Å². The summed E-state index contributed by atoms with van der Waals surface area (Å²) < 4.78 is 37.6. The van der Waals surface area contributed by atoms with E-state index in [1.807, 2.05) is 24.3 Å². The highest BCUT2D eigenvalue weighted by Crippen LogP contribution is 2.47. The number of hydrogen-bond donors (Lipinski definition) is 3. The van der Waals surface area contributed by atoms with Crippen molar-refractivity contribution in [3.05, 3.63) is 83.0 Å². The molecular weight excluding hydrogens is 1000 g/mol. The van der Waals surface area contributed by atoms with Crippen molar-refractivity contribution in [1.29, 1.82) is 0 Å². The van der Waals surface area contributed by atoms with Crippen LogP contribution in [0, 0.1) is 23.7 Å². The van der Waals surface area contributed by atoms with Gasteiger partial charge in [0, 0.05) is 25.0 Å². The molecule has 17 nitrogen and oxygen atoms in total. The molecule has 1 fully saturated rings. The van der Waals surface area contributed by atoms with E-state index in [0.717, 1.165) is 29.1 Å². The lowest BCUT2D eigenvalue weighted by Gasteiger charge is -2.45. The first-order chi connectivity index (χ1) is 35.7. The zero-order chi connectivity index (χ0) is 55.8. The van der Waals surface area contributed by atoms with E-state index in [1.165, 1.54) is 11.6 Å². The van der Waals surface area contributed by atoms with Gasteiger partial charge in [-0.15, -0.1) is 0 Å². The van der Waals surface area contributed by atoms with Gasteiger partial charge in [0.2, 0.25) is 11.8 Å². The van der Waals surface area contributed by atoms with E-state index in [2.05, 4.69) is 116 Å². The zero-order valence-corrected chi connectivity index (χ0v) is 49.1. The summed E-state index contributed by atoms with van der Waals surface area (Å²) in [4.78, 5) is 84.5. The number of methoxy groups -OCH3 is 1. The molecule has 2 heterocycles. The van der Waals surface area contributed by atoms with Crippen LogP contribution in [0.2, 0.25) is 36.3 Å². The fourth-order valence-corrected chi connectivity index (χ4v) is 12.7. The molecule has 6 rings (SSSR count). The van der Waals surface area contributed by atoms with Gasteiger partial charge in [-0.25, -0.2) is 4.79 Å². The number of fused-ring (bicyclic) bond motifs is 2. The number of carbonyl (C=O) groups is 6. The van der Waals surface area contributed by atoms with Crippen LogP contribution in [-0.2, 0) is 48.9 Å². The molecule has 8 atom stereocenters. The summed E-state index contributed by atoms with van der Waals surface area (Å²) in [5, 5.41) is 4.92. The standard InChI is InChI=1S/C57H84N4O13Si2/c1-36-31-39-20-17-37(2)43(24-23-41(73-75(10,11)56(3,4)5)33-42(74-76(12,13)57(6,7)8)34-49(63)70-35-38-18-21-40(68-9)22-19-38)50(39)47(32-36)72-55(67)58-27-28-69-29-30-71-60-45-16-14-15-44-51(45)54(66)61(53(44)65)46-25-26-48(62)59-52(46)64/h14-22,31,36-37,41-43,46-47,50,60H,23-30,32-35H2,1-13H3,(H,58,67)(H,59,62,64)/t36-,37-,41+,42+,43-,46?,47-,50-/m0/s1. The summed E-state index contributed by atoms with van der Waals surface area (Å²) in [5.74, 6) is -1.45. The summed E-state index contributed by atoms with van der Waals surface area (Å²) in [7, 11) is -3.04. The summed E-state index contributed by atoms with van der Waals surface area (Å²) >= 11 is 0. The van der Waals surface area contributed by atoms with Gasteiger partial charge in [-0.1, -0.05) is 91.8 Å². The first-order valence-corrected chi connectivity index (χ1v) is 32.8. The molecule has 76 heavy (non-hydrogen) atoms. The Labute approximate surface area is 452 Å². The van der Waals surface area contributed by atoms with Gasteiger partial charge in [-0.2, -0.15) is 0 Å². The lowest BCUT2D eigenvalue weighted by Crippen LogP contribution is -2.54. The van der Waals surface area contributed by atoms with Crippen molar-refractivity contribution in [3.63, 3.8) is 0 Å². The van der Waals surface area contributed by atoms with Crippen molar-refractivity contribution in [2.75, 3.05) is 39.0 Å². The number of amides is 5. The molecule has 0 radical (unpaired) electrons. The molecule has 1 saturated heterocycles. The number of alkyl carbamates (subject to hydrolysis) is 1. The molecule has 2 aliphatic heterocycles. The highest BCUT2D eigenvalue weighted by Gasteiger charge is 2.47. The van der Waals surface area contributed by atoms with E-state index in [0.29, 0.717) is 12.8 Å². The number of nitrogens with zero attached hydrogens (tertiary/aromatic N) is 1. The number of imide groups is 2. The smallest absolute Gasteiger partial charge is 0.407 e. The fraction of sp³-hybridized carbons (Fsp3) is 0.614. The third-order valence-corrected chi connectivity index (χ3v) is 25.3. The van der Waals surface area contributed by atoms with E-state index in [-0.39, 0.29) is 121 Å². The molecule has 0 saturated carbocycles. The summed E-state index contributed by atoms with van der Waals surface area (Å²) in [5.41, 5.74) is 5.25. The van der Waals surface area contributed by atoms with Crippen molar-refractivity contribution in [2.45, 2.75) is 168 Å². The maximum Gasteiger partial charge on any atom is 0.407 e. The van der Waals surface area contributed by atoms with Crippen molar-refractivity contribution >= 4 is 58.0 Å². The monoisotopic (exact) mass is 1090 g/mol. The van der Waals surface area contributed by atoms with Crippen molar-refractivity contribution in [2.24, 2.45) is 23.7 Å². The zero-order valence-electron chi connectivity index (χ0n) is 47.1. The van der Waals surface area contributed by atoms with Gasteiger partial charge in [0.15, 0.2) is 16.6 Å². The van der Waals surface area contributed by atoms with Crippen LogP contribution in [-0.4, -0.2) is 115 Å². The van der Waals surface area contributed by atoms with Gasteiger partial charge >= 0.3 is 12.1 Å². The average molecular weight is 1090 g/mol. The number of anilines is 1. The van der Waals surface area contributed by atoms with E-state index in [9.17, 15) is 28.8 Å². The molecule has 0 spiro atoms. The van der Waals surface area contributed by atoms with Crippen LogP contribution >= 0.6 is 0 Å². The molecule has 1 unspecified atom stereocenters. The molecule has 3 N–H and O–H groups in total. The Bertz CT molecular complexity index is 2460. The average Bonchev–Trinajstić information content (AvgIpc) is 3.60. The van der Waals surface area contributed by atoms with Gasteiger partial charge in [0.25, 0.3) is 11.8 Å². The molecular formula is C57H84N4O13Si2. The molecule has 2 aromatic carbocycles. The van der Waals surface area contributed by atoms with Gasteiger partial charge in [-0.05, 0) is 122 Å². The number of piperidine rings is 1. The van der Waals surface area contributed by atoms with E-state index in [1.54, 1.807) is 19.2 Å². The molecule has 4 aliphatic rings. The maximum absolute atomic E-state index is 13.7. The second-order valence-electron chi connectivity index (χ2n) is 23.9. The quantitative estimate of drug-likeness (QED) is 0.0294. The lowest BCUT2D eigenvalue weighted by atomic mass is 9.65. The largest absolute Gasteiger partial charge is 0.497 e. The Hall–Kier alpha value is -5.19. The molecule has 5 amide bonds. The molecule has 19 heteroatoms. The number of allylic oxidation sites excluding steroid dienone is 3. The minimum Gasteiger partial charge on any atom is -0.497 e. The number of hydrogen-bond acceptors (Lipinski definition) is 14. The number of benzene rings is 2. The van der Waals surface area contributed by atoms with Crippen LogP contribution in [0.15, 0.2) is 66.3 Å². The summed E-state index contributed by atoms with van der Waals surface area (Å²) in [6.45, 7) is 27.5. The first-order valence-electron chi connectivity index (χ1n) is 27.0. The van der Waals surface area contributed by atoms with Crippen LogP contribution in [0.4, 0.5) is 10.5 Å². The van der Waals surface area contributed by atoms with Crippen LogP contribution < -0.4 is 20.9 Å². The van der Waals surface area contributed by atoms with Crippen molar-refractivity contribution in [3.8, 4) is 5.75 Å². The minimum atomic E-state index is -2.35. The highest BCUT2D eigenvalue weighted by atomic mass is 28.4. The Balaban J connectivity index is 1.04. The normalized spacial score (nSPS) is 22.8. The molecule has 0 aromatic heterocycles. The third kappa shape index (κ3) is 15.3. The SMILES string of the molecule is COc1ccc(COC(=O)C[C@@H](C[C@@H](CC[C@@H]2[C@@H]3C(=C[C@H](C)C[C@@H]3OC(=O)NCCOCCONc3cccc4c3C(=O)N(C3CCC(=O)NC3=O)C4=O)C=C[C@@H]2C)O[Si](C)(C)C(C)(C)C)O[Si](C)(C)C(C)(C)C)cc1. The van der Waals surface area contributed by atoms with E-state index in [4.69, 9.17) is 32.6 Å². The van der Waals surface area contributed by atoms with Gasteiger partial charge < -0.3 is 33.1 Å². The number of carbonyl (C=O) groups excluding carboxylic acids is 6. The Morgan fingerprint density at radius 3 is 2.21 bits per heavy atom. The maximum atomic E-state index is 13.7. The minimum absolute atomic E-state index is 0.0230. The highest BCUT2D eigenvalue weighted by molar-refractivity contribution is 6.74.